The minimum atomic E-state index is 0.231. The lowest BCUT2D eigenvalue weighted by molar-refractivity contribution is 0.610. The number of aliphatic imine (C=N–C) groups is 1. The third-order valence-electron chi connectivity index (χ3n) is 0.726. The highest BCUT2D eigenvalue weighted by Gasteiger charge is 1.89. The molecule has 3 heteroatoms. The maximum Gasteiger partial charge on any atom is 0.217 e. The zero-order valence-corrected chi connectivity index (χ0v) is 5.76. The van der Waals surface area contributed by atoms with E-state index in [2.05, 4.69) is 11.6 Å². The van der Waals surface area contributed by atoms with E-state index in [1.165, 1.54) is 12.3 Å². The quantitative estimate of drug-likeness (QED) is 0.407. The Kier molecular flexibility index (Phi) is 3.35. The first-order valence-corrected chi connectivity index (χ1v) is 2.59. The molecule has 0 aliphatic rings. The van der Waals surface area contributed by atoms with Crippen LogP contribution in [-0.4, -0.2) is 31.2 Å². The minimum Gasteiger partial charge on any atom is -0.347 e. The molecule has 0 unspecified atom stereocenters. The van der Waals surface area contributed by atoms with Crippen LogP contribution in [0.2, 0.25) is 0 Å². The Hall–Kier alpha value is -1.12. The van der Waals surface area contributed by atoms with Gasteiger partial charge in [-0.1, -0.05) is 12.7 Å². The van der Waals surface area contributed by atoms with Gasteiger partial charge in [0.25, 0.3) is 0 Å². The van der Waals surface area contributed by atoms with E-state index in [1.54, 1.807) is 19.0 Å². The lowest BCUT2D eigenvalue weighted by Crippen LogP contribution is -2.18. The number of allylic oxidation sites excluding steroid dienone is 1. The van der Waals surface area contributed by atoms with E-state index in [0.717, 1.165) is 0 Å². The number of hydrogen-bond donors (Lipinski definition) is 1. The molecule has 0 bridgehead atoms. The lowest BCUT2D eigenvalue weighted by Gasteiger charge is -2.06. The molecular formula is C6H11N3. The van der Waals surface area contributed by atoms with Crippen molar-refractivity contribution in [3.8, 4) is 0 Å². The van der Waals surface area contributed by atoms with E-state index >= 15 is 0 Å². The molecule has 50 valence electrons. The van der Waals surface area contributed by atoms with Crippen molar-refractivity contribution in [2.24, 2.45) is 4.99 Å². The number of guanidine groups is 1. The summed E-state index contributed by atoms with van der Waals surface area (Å²) in [5.74, 6) is 0.231. The number of rotatable bonds is 1. The van der Waals surface area contributed by atoms with Crippen molar-refractivity contribution in [1.82, 2.24) is 4.90 Å². The van der Waals surface area contributed by atoms with Crippen LogP contribution in [0.4, 0.5) is 0 Å². The van der Waals surface area contributed by atoms with Gasteiger partial charge in [-0.3, -0.25) is 5.41 Å². The molecule has 0 aromatic rings. The second-order valence-electron chi connectivity index (χ2n) is 1.73. The van der Waals surface area contributed by atoms with E-state index in [1.807, 2.05) is 0 Å². The van der Waals surface area contributed by atoms with Crippen molar-refractivity contribution < 1.29 is 0 Å². The van der Waals surface area contributed by atoms with Gasteiger partial charge in [0.2, 0.25) is 5.96 Å². The van der Waals surface area contributed by atoms with Crippen LogP contribution in [0.1, 0.15) is 0 Å². The van der Waals surface area contributed by atoms with Crippen LogP contribution in [-0.2, 0) is 0 Å². The van der Waals surface area contributed by atoms with Gasteiger partial charge in [0.05, 0.1) is 0 Å². The molecule has 0 saturated carbocycles. The number of hydrogen-bond acceptors (Lipinski definition) is 1. The molecule has 3 nitrogen and oxygen atoms in total. The maximum atomic E-state index is 7.13. The topological polar surface area (TPSA) is 39.5 Å². The molecule has 0 spiro atoms. The zero-order chi connectivity index (χ0) is 7.28. The van der Waals surface area contributed by atoms with E-state index in [-0.39, 0.29) is 5.96 Å². The molecule has 0 aromatic heterocycles. The third kappa shape index (κ3) is 3.46. The summed E-state index contributed by atoms with van der Waals surface area (Å²) in [6.07, 6.45) is 3.03. The van der Waals surface area contributed by atoms with Crippen molar-refractivity contribution in [2.75, 3.05) is 14.1 Å². The van der Waals surface area contributed by atoms with E-state index in [4.69, 9.17) is 5.41 Å². The first kappa shape index (κ1) is 7.88. The Morgan fingerprint density at radius 1 is 1.67 bits per heavy atom. The molecule has 1 N–H and O–H groups in total. The molecule has 0 saturated heterocycles. The van der Waals surface area contributed by atoms with Crippen LogP contribution >= 0.6 is 0 Å². The van der Waals surface area contributed by atoms with E-state index in [0.29, 0.717) is 0 Å². The summed E-state index contributed by atoms with van der Waals surface area (Å²) in [6, 6.07) is 0. The smallest absolute Gasteiger partial charge is 0.217 e. The fraction of sp³-hybridized carbons (Fsp3) is 0.333. The maximum absolute atomic E-state index is 7.13. The SMILES string of the molecule is C=CC=NC(=N)N(C)C. The fourth-order valence-corrected chi connectivity index (χ4v) is 0.239. The molecule has 0 fully saturated rings. The van der Waals surface area contributed by atoms with Crippen molar-refractivity contribution in [2.45, 2.75) is 0 Å². The predicted molar refractivity (Wildman–Crippen MR) is 40.1 cm³/mol. The molecule has 0 aliphatic heterocycles. The summed E-state index contributed by atoms with van der Waals surface area (Å²) >= 11 is 0. The van der Waals surface area contributed by atoms with Gasteiger partial charge < -0.3 is 4.90 Å². The molecule has 0 aromatic carbocycles. The first-order valence-electron chi connectivity index (χ1n) is 2.59. The van der Waals surface area contributed by atoms with Gasteiger partial charge >= 0.3 is 0 Å². The van der Waals surface area contributed by atoms with Gasteiger partial charge in [-0.15, -0.1) is 0 Å². The van der Waals surface area contributed by atoms with Crippen LogP contribution in [0.3, 0.4) is 0 Å². The molecule has 0 radical (unpaired) electrons. The second kappa shape index (κ2) is 3.83. The van der Waals surface area contributed by atoms with Crippen LogP contribution in [0, 0.1) is 5.41 Å². The van der Waals surface area contributed by atoms with Crippen LogP contribution < -0.4 is 0 Å². The predicted octanol–water partition coefficient (Wildman–Crippen LogP) is 0.740. The Morgan fingerprint density at radius 3 is 2.56 bits per heavy atom. The van der Waals surface area contributed by atoms with Gasteiger partial charge in [-0.25, -0.2) is 4.99 Å². The Bertz CT molecular complexity index is 135. The Balaban J connectivity index is 3.76. The summed E-state index contributed by atoms with van der Waals surface area (Å²) < 4.78 is 0. The van der Waals surface area contributed by atoms with Gasteiger partial charge in [0, 0.05) is 20.3 Å². The van der Waals surface area contributed by atoms with Crippen molar-refractivity contribution >= 4 is 12.2 Å². The van der Waals surface area contributed by atoms with E-state index in [9.17, 15) is 0 Å². The molecular weight excluding hydrogens is 114 g/mol. The van der Waals surface area contributed by atoms with Gasteiger partial charge in [-0.2, -0.15) is 0 Å². The zero-order valence-electron chi connectivity index (χ0n) is 5.76. The van der Waals surface area contributed by atoms with Gasteiger partial charge in [0.1, 0.15) is 0 Å². The largest absolute Gasteiger partial charge is 0.347 e. The molecule has 0 heterocycles. The van der Waals surface area contributed by atoms with Crippen molar-refractivity contribution in [1.29, 1.82) is 5.41 Å². The number of nitrogens with one attached hydrogen (secondary N) is 1. The summed E-state index contributed by atoms with van der Waals surface area (Å²) in [5.41, 5.74) is 0. The van der Waals surface area contributed by atoms with Crippen LogP contribution in [0.5, 0.6) is 0 Å². The van der Waals surface area contributed by atoms with Gasteiger partial charge in [0.15, 0.2) is 0 Å². The summed E-state index contributed by atoms with van der Waals surface area (Å²) in [6.45, 7) is 3.43. The van der Waals surface area contributed by atoms with Gasteiger partial charge in [-0.05, 0) is 0 Å². The second-order valence-corrected chi connectivity index (χ2v) is 1.73. The molecule has 0 atom stereocenters. The average molecular weight is 125 g/mol. The van der Waals surface area contributed by atoms with E-state index < -0.39 is 0 Å². The average Bonchev–Trinajstić information content (AvgIpc) is 1.82. The standard InChI is InChI=1S/C6H11N3/c1-4-5-8-6(7)9(2)3/h4-5,7H,1H2,2-3H3. The summed E-state index contributed by atoms with van der Waals surface area (Å²) in [5, 5.41) is 7.13. The Labute approximate surface area is 55.2 Å². The molecule has 9 heavy (non-hydrogen) atoms. The minimum absolute atomic E-state index is 0.231. The highest BCUT2D eigenvalue weighted by molar-refractivity contribution is 5.88. The van der Waals surface area contributed by atoms with Crippen LogP contribution in [0.25, 0.3) is 0 Å². The monoisotopic (exact) mass is 125 g/mol. The summed E-state index contributed by atoms with van der Waals surface area (Å²) in [4.78, 5) is 5.32. The van der Waals surface area contributed by atoms with Crippen molar-refractivity contribution in [3.63, 3.8) is 0 Å². The molecule has 0 rings (SSSR count). The highest BCUT2D eigenvalue weighted by Crippen LogP contribution is 1.78. The third-order valence-corrected chi connectivity index (χ3v) is 0.726. The van der Waals surface area contributed by atoms with Crippen LogP contribution in [0.15, 0.2) is 17.6 Å². The lowest BCUT2D eigenvalue weighted by atomic mass is 10.7. The fourth-order valence-electron chi connectivity index (χ4n) is 0.239. The Morgan fingerprint density at radius 2 is 2.22 bits per heavy atom. The van der Waals surface area contributed by atoms with Crippen molar-refractivity contribution in [3.05, 3.63) is 12.7 Å². The molecule has 0 amide bonds. The normalized spacial score (nSPS) is 9.56. The highest BCUT2D eigenvalue weighted by atomic mass is 15.2. The molecule has 0 aliphatic carbocycles. The number of nitrogens with zero attached hydrogens (tertiary/aromatic N) is 2. The first-order chi connectivity index (χ1) is 4.18. The summed E-state index contributed by atoms with van der Waals surface area (Å²) in [7, 11) is 3.53.